The van der Waals surface area contributed by atoms with Crippen LogP contribution < -0.4 is 5.73 Å². The summed E-state index contributed by atoms with van der Waals surface area (Å²) in [6.07, 6.45) is 0.472. The van der Waals surface area contributed by atoms with Gasteiger partial charge in [0.2, 0.25) is 0 Å². The molecule has 3 nitrogen and oxygen atoms in total. The highest BCUT2D eigenvalue weighted by molar-refractivity contribution is 5.73. The third-order valence-corrected chi connectivity index (χ3v) is 2.29. The fourth-order valence-electron chi connectivity index (χ4n) is 1.40. The maximum atomic E-state index is 10.5. The van der Waals surface area contributed by atoms with E-state index in [1.54, 1.807) is 0 Å². The number of benzene rings is 1. The third-order valence-electron chi connectivity index (χ3n) is 2.29. The second-order valence-electron chi connectivity index (χ2n) is 3.49. The van der Waals surface area contributed by atoms with E-state index >= 15 is 0 Å². The molecule has 3 heteroatoms. The van der Waals surface area contributed by atoms with Gasteiger partial charge < -0.3 is 10.8 Å². The minimum Gasteiger partial charge on any atom is -0.480 e. The second kappa shape index (κ2) is 4.77. The molecule has 1 aromatic rings. The first-order valence-electron chi connectivity index (χ1n) is 4.64. The monoisotopic (exact) mass is 193 g/mol. The minimum atomic E-state index is -0.937. The summed E-state index contributed by atoms with van der Waals surface area (Å²) in [4.78, 5) is 10.5. The zero-order valence-corrected chi connectivity index (χ0v) is 8.18. The van der Waals surface area contributed by atoms with Gasteiger partial charge in [0.05, 0.1) is 0 Å². The third kappa shape index (κ3) is 2.85. The van der Waals surface area contributed by atoms with Crippen LogP contribution >= 0.6 is 0 Å². The van der Waals surface area contributed by atoms with Crippen LogP contribution in [-0.4, -0.2) is 17.1 Å². The van der Waals surface area contributed by atoms with Crippen molar-refractivity contribution in [3.05, 3.63) is 35.9 Å². The van der Waals surface area contributed by atoms with Gasteiger partial charge in [0.15, 0.2) is 0 Å². The van der Waals surface area contributed by atoms with Crippen molar-refractivity contribution < 1.29 is 9.90 Å². The van der Waals surface area contributed by atoms with Gasteiger partial charge >= 0.3 is 5.97 Å². The molecule has 0 radical (unpaired) electrons. The van der Waals surface area contributed by atoms with E-state index in [0.717, 1.165) is 5.56 Å². The highest BCUT2D eigenvalue weighted by Gasteiger charge is 2.16. The highest BCUT2D eigenvalue weighted by atomic mass is 16.4. The lowest BCUT2D eigenvalue weighted by molar-refractivity contribution is -0.138. The van der Waals surface area contributed by atoms with E-state index < -0.39 is 12.0 Å². The van der Waals surface area contributed by atoms with Crippen molar-refractivity contribution in [3.8, 4) is 0 Å². The number of rotatable bonds is 4. The molecule has 0 aliphatic heterocycles. The predicted octanol–water partition coefficient (Wildman–Crippen LogP) is 1.59. The SMILES string of the molecule is C[C@@H](CC(N)C(=O)O)c1ccccc1. The van der Waals surface area contributed by atoms with Gasteiger partial charge in [0, 0.05) is 0 Å². The van der Waals surface area contributed by atoms with Crippen LogP contribution in [0.1, 0.15) is 24.8 Å². The summed E-state index contributed by atoms with van der Waals surface area (Å²) in [5, 5.41) is 8.65. The molecule has 0 spiro atoms. The van der Waals surface area contributed by atoms with Crippen LogP contribution in [0, 0.1) is 0 Å². The van der Waals surface area contributed by atoms with Crippen molar-refractivity contribution in [1.29, 1.82) is 0 Å². The maximum absolute atomic E-state index is 10.5. The van der Waals surface area contributed by atoms with Gasteiger partial charge in [0.25, 0.3) is 0 Å². The number of nitrogens with two attached hydrogens (primary N) is 1. The number of hydrogen-bond donors (Lipinski definition) is 2. The second-order valence-corrected chi connectivity index (χ2v) is 3.49. The van der Waals surface area contributed by atoms with Gasteiger partial charge in [-0.15, -0.1) is 0 Å². The average molecular weight is 193 g/mol. The molecule has 0 aliphatic rings. The summed E-state index contributed by atoms with van der Waals surface area (Å²) in [5.41, 5.74) is 6.58. The molecule has 14 heavy (non-hydrogen) atoms. The van der Waals surface area contributed by atoms with Crippen LogP contribution in [0.25, 0.3) is 0 Å². The van der Waals surface area contributed by atoms with Crippen LogP contribution in [-0.2, 0) is 4.79 Å². The van der Waals surface area contributed by atoms with E-state index in [2.05, 4.69) is 0 Å². The number of carboxylic acid groups (broad SMARTS) is 1. The zero-order chi connectivity index (χ0) is 10.6. The Labute approximate surface area is 83.6 Å². The van der Waals surface area contributed by atoms with Crippen LogP contribution in [0.2, 0.25) is 0 Å². The highest BCUT2D eigenvalue weighted by Crippen LogP contribution is 2.19. The summed E-state index contributed by atoms with van der Waals surface area (Å²) >= 11 is 0. The molecule has 0 aromatic heterocycles. The molecule has 2 atom stereocenters. The molecule has 0 fully saturated rings. The van der Waals surface area contributed by atoms with Crippen LogP contribution in [0.15, 0.2) is 30.3 Å². The van der Waals surface area contributed by atoms with E-state index in [9.17, 15) is 4.79 Å². The lowest BCUT2D eigenvalue weighted by atomic mass is 9.94. The predicted molar refractivity (Wildman–Crippen MR) is 55.1 cm³/mol. The first kappa shape index (κ1) is 10.7. The summed E-state index contributed by atoms with van der Waals surface area (Å²) in [6, 6.07) is 9.02. The topological polar surface area (TPSA) is 63.3 Å². The van der Waals surface area contributed by atoms with Gasteiger partial charge in [0.1, 0.15) is 6.04 Å². The quantitative estimate of drug-likeness (QED) is 0.763. The van der Waals surface area contributed by atoms with E-state index in [-0.39, 0.29) is 5.92 Å². The van der Waals surface area contributed by atoms with E-state index in [4.69, 9.17) is 10.8 Å². The Kier molecular flexibility index (Phi) is 3.65. The summed E-state index contributed by atoms with van der Waals surface area (Å²) in [6.45, 7) is 1.98. The molecule has 3 N–H and O–H groups in total. The Morgan fingerprint density at radius 1 is 1.43 bits per heavy atom. The molecule has 76 valence electrons. The van der Waals surface area contributed by atoms with E-state index in [1.807, 2.05) is 37.3 Å². The van der Waals surface area contributed by atoms with Crippen molar-refractivity contribution in [3.63, 3.8) is 0 Å². The Bertz CT molecular complexity index is 297. The molecule has 0 amide bonds. The smallest absolute Gasteiger partial charge is 0.320 e. The Morgan fingerprint density at radius 2 is 2.00 bits per heavy atom. The molecular formula is C11H15NO2. The van der Waals surface area contributed by atoms with Crippen molar-refractivity contribution in [2.24, 2.45) is 5.73 Å². The number of aliphatic carboxylic acids is 1. The molecule has 0 saturated heterocycles. The average Bonchev–Trinajstić information content (AvgIpc) is 2.19. The van der Waals surface area contributed by atoms with E-state index in [0.29, 0.717) is 6.42 Å². The first-order valence-corrected chi connectivity index (χ1v) is 4.64. The Balaban J connectivity index is 2.59. The molecule has 0 saturated carbocycles. The van der Waals surface area contributed by atoms with Crippen molar-refractivity contribution >= 4 is 5.97 Å². The van der Waals surface area contributed by atoms with Crippen molar-refractivity contribution in [2.75, 3.05) is 0 Å². The molecule has 1 unspecified atom stereocenters. The largest absolute Gasteiger partial charge is 0.480 e. The number of carboxylic acids is 1. The lowest BCUT2D eigenvalue weighted by Crippen LogP contribution is -2.31. The van der Waals surface area contributed by atoms with Gasteiger partial charge in [-0.2, -0.15) is 0 Å². The number of hydrogen-bond acceptors (Lipinski definition) is 2. The maximum Gasteiger partial charge on any atom is 0.320 e. The normalized spacial score (nSPS) is 14.7. The fraction of sp³-hybridized carbons (Fsp3) is 0.364. The van der Waals surface area contributed by atoms with Crippen molar-refractivity contribution in [1.82, 2.24) is 0 Å². The summed E-state index contributed by atoms with van der Waals surface area (Å²) in [7, 11) is 0. The molecule has 0 heterocycles. The molecular weight excluding hydrogens is 178 g/mol. The first-order chi connectivity index (χ1) is 6.61. The summed E-state index contributed by atoms with van der Waals surface area (Å²) < 4.78 is 0. The van der Waals surface area contributed by atoms with Crippen LogP contribution in [0.3, 0.4) is 0 Å². The van der Waals surface area contributed by atoms with Gasteiger partial charge in [-0.1, -0.05) is 37.3 Å². The molecule has 1 rings (SSSR count). The van der Waals surface area contributed by atoms with Crippen LogP contribution in [0.5, 0.6) is 0 Å². The molecule has 0 aliphatic carbocycles. The Hall–Kier alpha value is -1.35. The lowest BCUT2D eigenvalue weighted by Gasteiger charge is -2.14. The van der Waals surface area contributed by atoms with Gasteiger partial charge in [-0.3, -0.25) is 4.79 Å². The molecule has 1 aromatic carbocycles. The van der Waals surface area contributed by atoms with Gasteiger partial charge in [-0.25, -0.2) is 0 Å². The summed E-state index contributed by atoms with van der Waals surface area (Å²) in [5.74, 6) is -0.755. The number of carbonyl (C=O) groups is 1. The Morgan fingerprint density at radius 3 is 2.50 bits per heavy atom. The van der Waals surface area contributed by atoms with Crippen molar-refractivity contribution in [2.45, 2.75) is 25.3 Å². The molecule has 0 bridgehead atoms. The van der Waals surface area contributed by atoms with Crippen LogP contribution in [0.4, 0.5) is 0 Å². The fourth-order valence-corrected chi connectivity index (χ4v) is 1.40. The standard InChI is InChI=1S/C11H15NO2/c1-8(7-10(12)11(13)14)9-5-3-2-4-6-9/h2-6,8,10H,7,12H2,1H3,(H,13,14)/t8-,10?/m0/s1. The van der Waals surface area contributed by atoms with Gasteiger partial charge in [-0.05, 0) is 17.9 Å². The van der Waals surface area contributed by atoms with E-state index in [1.165, 1.54) is 0 Å². The minimum absolute atomic E-state index is 0.183. The zero-order valence-electron chi connectivity index (χ0n) is 8.18.